The van der Waals surface area contributed by atoms with Gasteiger partial charge >= 0.3 is 0 Å². The first kappa shape index (κ1) is 19.2. The third-order valence-electron chi connectivity index (χ3n) is 5.44. The third-order valence-corrected chi connectivity index (χ3v) is 5.44. The van der Waals surface area contributed by atoms with Gasteiger partial charge < -0.3 is 10.1 Å². The van der Waals surface area contributed by atoms with Gasteiger partial charge in [0.1, 0.15) is 11.4 Å². The quantitative estimate of drug-likeness (QED) is 0.692. The molecule has 1 amide bonds. The van der Waals surface area contributed by atoms with E-state index in [1.165, 1.54) is 19.3 Å². The number of rotatable bonds is 6. The van der Waals surface area contributed by atoms with Crippen molar-refractivity contribution in [3.8, 4) is 11.4 Å². The molecule has 1 aliphatic rings. The van der Waals surface area contributed by atoms with Crippen LogP contribution in [0.4, 0.5) is 0 Å². The number of carbonyl (C=O) groups is 1. The van der Waals surface area contributed by atoms with Crippen molar-refractivity contribution in [1.29, 1.82) is 0 Å². The highest BCUT2D eigenvalue weighted by Crippen LogP contribution is 2.23. The molecule has 0 radical (unpaired) electrons. The molecule has 1 N–H and O–H groups in total. The number of benzene rings is 1. The van der Waals surface area contributed by atoms with Gasteiger partial charge in [-0.1, -0.05) is 31.4 Å². The van der Waals surface area contributed by atoms with E-state index in [-0.39, 0.29) is 11.9 Å². The van der Waals surface area contributed by atoms with E-state index < -0.39 is 0 Å². The summed E-state index contributed by atoms with van der Waals surface area (Å²) in [6.45, 7) is 0. The summed E-state index contributed by atoms with van der Waals surface area (Å²) in [4.78, 5) is 17.0. The summed E-state index contributed by atoms with van der Waals surface area (Å²) >= 11 is 0. The molecular formula is C23H26N4O2. The lowest BCUT2D eigenvalue weighted by Gasteiger charge is -2.22. The van der Waals surface area contributed by atoms with E-state index >= 15 is 0 Å². The van der Waals surface area contributed by atoms with Crippen LogP contribution in [0.1, 0.15) is 53.7 Å². The first-order valence-corrected chi connectivity index (χ1v) is 10.2. The van der Waals surface area contributed by atoms with Gasteiger partial charge in [0.05, 0.1) is 19.0 Å². The van der Waals surface area contributed by atoms with E-state index in [9.17, 15) is 4.79 Å². The SMILES string of the molecule is COc1cnc(C(=O)NC2CCCCC2)cc1Cc1ccc(-n2cccn2)cc1. The molecule has 0 unspecified atom stereocenters. The first-order chi connectivity index (χ1) is 14.2. The van der Waals surface area contributed by atoms with Gasteiger partial charge in [-0.15, -0.1) is 0 Å². The normalized spacial score (nSPS) is 14.5. The molecule has 0 bridgehead atoms. The zero-order chi connectivity index (χ0) is 20.1. The second-order valence-electron chi connectivity index (χ2n) is 7.48. The number of amides is 1. The summed E-state index contributed by atoms with van der Waals surface area (Å²) in [6, 6.07) is 12.2. The van der Waals surface area contributed by atoms with E-state index in [0.717, 1.165) is 29.7 Å². The Balaban J connectivity index is 1.50. The number of hydrogen-bond acceptors (Lipinski definition) is 4. The number of ether oxygens (including phenoxy) is 1. The summed E-state index contributed by atoms with van der Waals surface area (Å²) < 4.78 is 7.30. The van der Waals surface area contributed by atoms with E-state index in [2.05, 4.69) is 27.5 Å². The zero-order valence-corrected chi connectivity index (χ0v) is 16.7. The number of hydrogen-bond donors (Lipinski definition) is 1. The Morgan fingerprint density at radius 1 is 1.21 bits per heavy atom. The minimum Gasteiger partial charge on any atom is -0.495 e. The van der Waals surface area contributed by atoms with Gasteiger partial charge in [0.2, 0.25) is 0 Å². The van der Waals surface area contributed by atoms with Gasteiger partial charge in [0.25, 0.3) is 5.91 Å². The fourth-order valence-corrected chi connectivity index (χ4v) is 3.84. The molecular weight excluding hydrogens is 364 g/mol. The number of nitrogens with zero attached hydrogens (tertiary/aromatic N) is 3. The van der Waals surface area contributed by atoms with Crippen molar-refractivity contribution < 1.29 is 9.53 Å². The molecule has 2 aromatic heterocycles. The Labute approximate surface area is 170 Å². The number of methoxy groups -OCH3 is 1. The average molecular weight is 390 g/mol. The maximum Gasteiger partial charge on any atom is 0.270 e. The summed E-state index contributed by atoms with van der Waals surface area (Å²) in [5.41, 5.74) is 3.53. The standard InChI is InChI=1S/C23H26N4O2/c1-29-22-16-24-21(23(28)26-19-6-3-2-4-7-19)15-18(22)14-17-8-10-20(11-9-17)27-13-5-12-25-27/h5,8-13,15-16,19H,2-4,6-7,14H2,1H3,(H,26,28). The minimum absolute atomic E-state index is 0.102. The van der Waals surface area contributed by atoms with E-state index in [1.54, 1.807) is 19.5 Å². The van der Waals surface area contributed by atoms with Gasteiger partial charge in [-0.05, 0) is 42.7 Å². The maximum atomic E-state index is 12.7. The van der Waals surface area contributed by atoms with Gasteiger partial charge in [-0.25, -0.2) is 9.67 Å². The summed E-state index contributed by atoms with van der Waals surface area (Å²) in [5, 5.41) is 7.39. The molecule has 0 atom stereocenters. The van der Waals surface area contributed by atoms with Gasteiger partial charge in [0.15, 0.2) is 0 Å². The molecule has 1 aromatic carbocycles. The van der Waals surface area contributed by atoms with Crippen LogP contribution in [0.5, 0.6) is 5.75 Å². The molecule has 1 fully saturated rings. The smallest absolute Gasteiger partial charge is 0.270 e. The molecule has 4 rings (SSSR count). The molecule has 150 valence electrons. The molecule has 6 nitrogen and oxygen atoms in total. The highest BCUT2D eigenvalue weighted by Gasteiger charge is 2.18. The monoisotopic (exact) mass is 390 g/mol. The van der Waals surface area contributed by atoms with Crippen LogP contribution < -0.4 is 10.1 Å². The van der Waals surface area contributed by atoms with Gasteiger partial charge in [0, 0.05) is 30.4 Å². The molecule has 0 saturated heterocycles. The highest BCUT2D eigenvalue weighted by molar-refractivity contribution is 5.92. The van der Waals surface area contributed by atoms with Crippen molar-refractivity contribution >= 4 is 5.91 Å². The predicted octanol–water partition coefficient (Wildman–Crippen LogP) is 3.93. The maximum absolute atomic E-state index is 12.7. The third kappa shape index (κ3) is 4.65. The van der Waals surface area contributed by atoms with Crippen LogP contribution in [0.3, 0.4) is 0 Å². The Morgan fingerprint density at radius 2 is 2.00 bits per heavy atom. The summed E-state index contributed by atoms with van der Waals surface area (Å²) in [6.07, 6.45) is 11.7. The highest BCUT2D eigenvalue weighted by atomic mass is 16.5. The molecule has 2 heterocycles. The van der Waals surface area contributed by atoms with Crippen LogP contribution in [0.15, 0.2) is 55.0 Å². The fraction of sp³-hybridized carbons (Fsp3) is 0.348. The Kier molecular flexibility index (Phi) is 5.89. The zero-order valence-electron chi connectivity index (χ0n) is 16.7. The largest absolute Gasteiger partial charge is 0.495 e. The predicted molar refractivity (Wildman–Crippen MR) is 111 cm³/mol. The van der Waals surface area contributed by atoms with Crippen molar-refractivity contribution in [1.82, 2.24) is 20.1 Å². The van der Waals surface area contributed by atoms with Gasteiger partial charge in [-0.2, -0.15) is 5.10 Å². The van der Waals surface area contributed by atoms with E-state index in [1.807, 2.05) is 35.1 Å². The van der Waals surface area contributed by atoms with Crippen molar-refractivity contribution in [3.05, 3.63) is 71.8 Å². The fourth-order valence-electron chi connectivity index (χ4n) is 3.84. The average Bonchev–Trinajstić information content (AvgIpc) is 3.30. The summed E-state index contributed by atoms with van der Waals surface area (Å²) in [5.74, 6) is 0.588. The molecule has 3 aromatic rings. The molecule has 6 heteroatoms. The number of pyridine rings is 1. The molecule has 1 saturated carbocycles. The molecule has 0 spiro atoms. The van der Waals surface area contributed by atoms with E-state index in [0.29, 0.717) is 17.9 Å². The van der Waals surface area contributed by atoms with Crippen LogP contribution in [0.2, 0.25) is 0 Å². The van der Waals surface area contributed by atoms with Crippen LogP contribution >= 0.6 is 0 Å². The van der Waals surface area contributed by atoms with Gasteiger partial charge in [-0.3, -0.25) is 4.79 Å². The Morgan fingerprint density at radius 3 is 2.69 bits per heavy atom. The molecule has 1 aliphatic carbocycles. The lowest BCUT2D eigenvalue weighted by Crippen LogP contribution is -2.36. The second kappa shape index (κ2) is 8.90. The lowest BCUT2D eigenvalue weighted by molar-refractivity contribution is 0.0922. The molecule has 29 heavy (non-hydrogen) atoms. The lowest BCUT2D eigenvalue weighted by atomic mass is 9.95. The number of nitrogens with one attached hydrogen (secondary N) is 1. The van der Waals surface area contributed by atoms with Crippen molar-refractivity contribution in [3.63, 3.8) is 0 Å². The second-order valence-corrected chi connectivity index (χ2v) is 7.48. The molecule has 0 aliphatic heterocycles. The van der Waals surface area contributed by atoms with Crippen molar-refractivity contribution in [2.75, 3.05) is 7.11 Å². The Hall–Kier alpha value is -3.15. The van der Waals surface area contributed by atoms with E-state index in [4.69, 9.17) is 4.74 Å². The number of aromatic nitrogens is 3. The number of carbonyl (C=O) groups excluding carboxylic acids is 1. The van der Waals surface area contributed by atoms with Crippen LogP contribution in [-0.2, 0) is 6.42 Å². The topological polar surface area (TPSA) is 69.0 Å². The van der Waals surface area contributed by atoms with Crippen molar-refractivity contribution in [2.24, 2.45) is 0 Å². The summed E-state index contributed by atoms with van der Waals surface area (Å²) in [7, 11) is 1.63. The van der Waals surface area contributed by atoms with Crippen molar-refractivity contribution in [2.45, 2.75) is 44.6 Å². The first-order valence-electron chi connectivity index (χ1n) is 10.2. The minimum atomic E-state index is -0.102. The van der Waals surface area contributed by atoms with Crippen LogP contribution in [-0.4, -0.2) is 33.8 Å². The van der Waals surface area contributed by atoms with Crippen LogP contribution in [0, 0.1) is 0 Å². The Bertz CT molecular complexity index is 946. The van der Waals surface area contributed by atoms with Crippen LogP contribution in [0.25, 0.3) is 5.69 Å².